The fourth-order valence-electron chi connectivity index (χ4n) is 4.64. The molecule has 0 N–H and O–H groups in total. The Labute approximate surface area is 274 Å². The van der Waals surface area contributed by atoms with Crippen molar-refractivity contribution in [3.05, 3.63) is 40.6 Å². The molecule has 223 valence electrons. The number of nitrogens with zero attached hydrogens (tertiary/aromatic N) is 3. The summed E-state index contributed by atoms with van der Waals surface area (Å²) in [5, 5.41) is 3.55. The molecule has 41 heavy (non-hydrogen) atoms. The first-order chi connectivity index (χ1) is 19.7. The molecule has 0 aliphatic carbocycles. The van der Waals surface area contributed by atoms with Gasteiger partial charge in [0.15, 0.2) is 0 Å². The van der Waals surface area contributed by atoms with E-state index >= 15 is 0 Å². The summed E-state index contributed by atoms with van der Waals surface area (Å²) < 4.78 is 4.17. The van der Waals surface area contributed by atoms with Crippen molar-refractivity contribution in [3.8, 4) is 0 Å². The number of carbonyl (C=O) groups excluding carboxylic acids is 4. The van der Waals surface area contributed by atoms with Gasteiger partial charge in [0.05, 0.1) is 29.8 Å². The number of carbonyl (C=O) groups is 4. The van der Waals surface area contributed by atoms with Gasteiger partial charge in [0, 0.05) is 23.8 Å². The number of imide groups is 2. The Hall–Kier alpha value is -1.15. The van der Waals surface area contributed by atoms with E-state index in [0.29, 0.717) is 35.3 Å². The van der Waals surface area contributed by atoms with E-state index in [0.717, 1.165) is 33.3 Å². The Morgan fingerprint density at radius 2 is 1.02 bits per heavy atom. The summed E-state index contributed by atoms with van der Waals surface area (Å²) in [6.07, 6.45) is 13.9. The van der Waals surface area contributed by atoms with Crippen molar-refractivity contribution in [2.24, 2.45) is 4.30 Å². The molecule has 4 amide bonds. The minimum absolute atomic E-state index is 0.107. The second-order valence-electron chi connectivity index (χ2n) is 9.77. The first-order valence-corrected chi connectivity index (χ1v) is 17.8. The van der Waals surface area contributed by atoms with Crippen LogP contribution in [0.5, 0.6) is 0 Å². The quantitative estimate of drug-likeness (QED) is 0.0905. The molecular weight excluding hydrogens is 709 g/mol. The van der Waals surface area contributed by atoms with Crippen LogP contribution in [0.2, 0.25) is 0 Å². The van der Waals surface area contributed by atoms with Crippen LogP contribution in [-0.4, -0.2) is 54.2 Å². The molecule has 2 aliphatic heterocycles. The van der Waals surface area contributed by atoms with E-state index in [2.05, 4.69) is 70.5 Å². The number of hydrogen-bond acceptors (Lipinski definition) is 8. The molecule has 0 spiro atoms. The Kier molecular flexibility index (Phi) is 16.9. The predicted octanol–water partition coefficient (Wildman–Crippen LogP) is 9.12. The van der Waals surface area contributed by atoms with Crippen LogP contribution in [0.3, 0.4) is 0 Å². The zero-order valence-electron chi connectivity index (χ0n) is 23.6. The van der Waals surface area contributed by atoms with Crippen molar-refractivity contribution in [2.75, 3.05) is 13.1 Å². The van der Waals surface area contributed by atoms with Gasteiger partial charge in [-0.2, -0.15) is 11.3 Å². The van der Waals surface area contributed by atoms with Gasteiger partial charge in [0.2, 0.25) is 0 Å². The van der Waals surface area contributed by atoms with Crippen LogP contribution < -0.4 is 0 Å². The molecule has 7 nitrogen and oxygen atoms in total. The van der Waals surface area contributed by atoms with Crippen LogP contribution in [-0.2, 0) is 0 Å². The van der Waals surface area contributed by atoms with Gasteiger partial charge in [-0.15, -0.1) is 11.3 Å². The molecule has 13 heteroatoms. The molecule has 0 unspecified atom stereocenters. The third-order valence-electron chi connectivity index (χ3n) is 6.82. The molecular formula is C28H37BBr2N3O4S3. The molecule has 0 bridgehead atoms. The Morgan fingerprint density at radius 1 is 0.683 bits per heavy atom. The fraction of sp³-hybridized carbons (Fsp3) is 0.571. The van der Waals surface area contributed by atoms with Crippen molar-refractivity contribution in [1.82, 2.24) is 9.80 Å². The molecule has 1 radical (unpaired) electrons. The first kappa shape index (κ1) is 36.0. The maximum atomic E-state index is 12.3. The second-order valence-corrected chi connectivity index (χ2v) is 14.4. The molecule has 0 saturated carbocycles. The van der Waals surface area contributed by atoms with Crippen LogP contribution >= 0.6 is 67.3 Å². The van der Waals surface area contributed by atoms with E-state index in [1.54, 1.807) is 10.8 Å². The van der Waals surface area contributed by atoms with Crippen LogP contribution in [0.25, 0.3) is 0 Å². The molecule has 2 aromatic rings. The first-order valence-electron chi connectivity index (χ1n) is 14.1. The summed E-state index contributed by atoms with van der Waals surface area (Å²) in [6.45, 7) is 5.49. The number of rotatable bonds is 14. The summed E-state index contributed by atoms with van der Waals surface area (Å²) >= 11 is 12.7. The summed E-state index contributed by atoms with van der Waals surface area (Å²) in [6, 6.07) is 0. The Balaban J connectivity index is 0.000000263. The Bertz CT molecular complexity index is 1140. The van der Waals surface area contributed by atoms with E-state index in [4.69, 9.17) is 0 Å². The number of unbranched alkanes of at least 4 members (excludes halogenated alkanes) is 10. The third kappa shape index (κ3) is 9.94. The van der Waals surface area contributed by atoms with E-state index in [1.165, 1.54) is 83.8 Å². The zero-order valence-corrected chi connectivity index (χ0v) is 29.3. The number of hydrogen-bond donors (Lipinski definition) is 1. The number of fused-ring (bicyclic) bond motifs is 2. The van der Waals surface area contributed by atoms with Crippen molar-refractivity contribution in [2.45, 2.75) is 90.9 Å². The van der Waals surface area contributed by atoms with Gasteiger partial charge >= 0.3 is 24.8 Å². The van der Waals surface area contributed by atoms with Gasteiger partial charge in [-0.1, -0.05) is 78.1 Å². The van der Waals surface area contributed by atoms with Crippen LogP contribution in [0.1, 0.15) is 132 Å². The van der Waals surface area contributed by atoms with Gasteiger partial charge in [-0.25, -0.2) is 0 Å². The molecule has 0 atom stereocenters. The normalized spacial score (nSPS) is 13.6. The SMILES string of the molecule is CCCCCCCCN1C(=O)c2c(Br)sc(Br)c2C1=O.CCCCCCCCN1C(=O)c2cscc2C1=O.[B]=NS. The second kappa shape index (κ2) is 19.2. The summed E-state index contributed by atoms with van der Waals surface area (Å²) in [7, 11) is 4.34. The summed E-state index contributed by atoms with van der Waals surface area (Å²) in [5.74, 6) is -0.533. The standard InChI is InChI=1S/C14H17Br2NO2S.C14H19NO2S.BHNS/c1-2-3-4-5-6-7-8-17-13(18)9-10(14(17)19)12(16)20-11(9)15;1-2-3-4-5-6-7-8-15-13(16)11-9-18-10-12(11)14(15)17;1-2-3/h2-8H2,1H3;9-10H,2-8H2,1H3;3H. The molecule has 4 rings (SSSR count). The van der Waals surface area contributed by atoms with E-state index < -0.39 is 0 Å². The monoisotopic (exact) mass is 744 g/mol. The number of thiophene rings is 2. The fourth-order valence-corrected chi connectivity index (χ4v) is 8.53. The van der Waals surface area contributed by atoms with Gasteiger partial charge in [-0.05, 0) is 44.7 Å². The average Bonchev–Trinajstić information content (AvgIpc) is 3.66. The third-order valence-corrected chi connectivity index (χ3v) is 10.1. The molecule has 0 fully saturated rings. The van der Waals surface area contributed by atoms with Gasteiger partial charge < -0.3 is 0 Å². The van der Waals surface area contributed by atoms with Gasteiger partial charge in [-0.3, -0.25) is 29.0 Å². The molecule has 2 aromatic heterocycles. The topological polar surface area (TPSA) is 87.1 Å². The summed E-state index contributed by atoms with van der Waals surface area (Å²) in [5.41, 5.74) is 2.24. The van der Waals surface area contributed by atoms with E-state index in [9.17, 15) is 19.2 Å². The number of thiol groups is 1. The maximum absolute atomic E-state index is 12.3. The van der Waals surface area contributed by atoms with Crippen molar-refractivity contribution < 1.29 is 19.2 Å². The number of halogens is 2. The zero-order chi connectivity index (χ0) is 30.4. The predicted molar refractivity (Wildman–Crippen MR) is 179 cm³/mol. The number of amides is 4. The van der Waals surface area contributed by atoms with Crippen LogP contribution in [0.4, 0.5) is 0 Å². The summed E-state index contributed by atoms with van der Waals surface area (Å²) in [4.78, 5) is 51.2. The molecule has 0 saturated heterocycles. The van der Waals surface area contributed by atoms with Crippen molar-refractivity contribution >= 4 is 98.6 Å². The Morgan fingerprint density at radius 3 is 1.41 bits per heavy atom. The molecule has 2 aliphatic rings. The molecule has 4 heterocycles. The van der Waals surface area contributed by atoms with Gasteiger partial charge in [0.25, 0.3) is 23.6 Å². The van der Waals surface area contributed by atoms with E-state index in [-0.39, 0.29) is 23.6 Å². The average molecular weight is 746 g/mol. The van der Waals surface area contributed by atoms with Crippen LogP contribution in [0, 0.1) is 0 Å². The van der Waals surface area contributed by atoms with Crippen molar-refractivity contribution in [3.63, 3.8) is 0 Å². The molecule has 0 aromatic carbocycles. The minimum atomic E-state index is -0.160. The van der Waals surface area contributed by atoms with Gasteiger partial charge in [0.1, 0.15) is 0 Å². The van der Waals surface area contributed by atoms with Crippen molar-refractivity contribution in [1.29, 1.82) is 0 Å². The van der Waals surface area contributed by atoms with E-state index in [1.807, 2.05) is 0 Å². The van der Waals surface area contributed by atoms with Crippen LogP contribution in [0.15, 0.2) is 22.6 Å².